The number of aryl methyl sites for hydroxylation is 2. The van der Waals surface area contributed by atoms with Crippen molar-refractivity contribution in [2.45, 2.75) is 26.4 Å². The van der Waals surface area contributed by atoms with Gasteiger partial charge in [-0.3, -0.25) is 4.79 Å². The van der Waals surface area contributed by atoms with E-state index >= 15 is 0 Å². The smallest absolute Gasteiger partial charge is 0.338 e. The molecule has 1 aliphatic heterocycles. The summed E-state index contributed by atoms with van der Waals surface area (Å²) in [6, 6.07) is 12.3. The maximum absolute atomic E-state index is 12.7. The van der Waals surface area contributed by atoms with Gasteiger partial charge < -0.3 is 19.1 Å². The van der Waals surface area contributed by atoms with Crippen LogP contribution < -0.4 is 14.4 Å². The molecule has 32 heavy (non-hydrogen) atoms. The largest absolute Gasteiger partial charge is 0.497 e. The Morgan fingerprint density at radius 2 is 1.91 bits per heavy atom. The number of aromatic nitrogens is 1. The molecule has 0 unspecified atom stereocenters. The van der Waals surface area contributed by atoms with Crippen LogP contribution >= 0.6 is 11.3 Å². The van der Waals surface area contributed by atoms with Crippen LogP contribution in [0.5, 0.6) is 11.5 Å². The highest BCUT2D eigenvalue weighted by Gasteiger charge is 2.24. The fourth-order valence-corrected chi connectivity index (χ4v) is 4.16. The van der Waals surface area contributed by atoms with Crippen LogP contribution in [0.1, 0.15) is 33.0 Å². The van der Waals surface area contributed by atoms with Gasteiger partial charge in [0.15, 0.2) is 6.61 Å². The Morgan fingerprint density at radius 3 is 2.62 bits per heavy atom. The number of hydrogen-bond donors (Lipinski definition) is 0. The molecule has 0 spiro atoms. The van der Waals surface area contributed by atoms with Gasteiger partial charge in [0.25, 0.3) is 5.91 Å². The minimum absolute atomic E-state index is 0.247. The van der Waals surface area contributed by atoms with E-state index in [0.717, 1.165) is 40.5 Å². The predicted molar refractivity (Wildman–Crippen MR) is 122 cm³/mol. The maximum Gasteiger partial charge on any atom is 0.338 e. The average Bonchev–Trinajstić information content (AvgIpc) is 3.25. The van der Waals surface area contributed by atoms with Crippen molar-refractivity contribution in [3.63, 3.8) is 0 Å². The summed E-state index contributed by atoms with van der Waals surface area (Å²) in [5.41, 5.74) is 3.12. The molecule has 2 aromatic carbocycles. The zero-order valence-electron chi connectivity index (χ0n) is 18.0. The van der Waals surface area contributed by atoms with Gasteiger partial charge in [0, 0.05) is 17.6 Å². The van der Waals surface area contributed by atoms with Crippen LogP contribution in [-0.4, -0.2) is 37.1 Å². The van der Waals surface area contributed by atoms with Crippen LogP contribution in [0.25, 0.3) is 0 Å². The number of fused-ring (bicyclic) bond motifs is 1. The lowest BCUT2D eigenvalue weighted by Crippen LogP contribution is -2.38. The Labute approximate surface area is 190 Å². The number of carbonyl (C=O) groups excluding carboxylic acids is 2. The minimum Gasteiger partial charge on any atom is -0.497 e. The Morgan fingerprint density at radius 1 is 1.12 bits per heavy atom. The number of amides is 1. The molecule has 8 heteroatoms. The molecule has 1 aliphatic rings. The van der Waals surface area contributed by atoms with Crippen LogP contribution in [0.3, 0.4) is 0 Å². The molecule has 166 valence electrons. The first-order valence-corrected chi connectivity index (χ1v) is 11.2. The minimum atomic E-state index is -0.549. The predicted octanol–water partition coefficient (Wildman–Crippen LogP) is 4.18. The van der Waals surface area contributed by atoms with Crippen molar-refractivity contribution in [1.29, 1.82) is 0 Å². The third-order valence-electron chi connectivity index (χ3n) is 5.18. The third-order valence-corrected chi connectivity index (χ3v) is 6.00. The van der Waals surface area contributed by atoms with E-state index < -0.39 is 5.97 Å². The molecule has 4 rings (SSSR count). The normalized spacial score (nSPS) is 12.8. The number of carbonyl (C=O) groups is 2. The quantitative estimate of drug-likeness (QED) is 0.501. The second-order valence-electron chi connectivity index (χ2n) is 7.39. The van der Waals surface area contributed by atoms with Crippen LogP contribution in [-0.2, 0) is 22.6 Å². The Kier molecular flexibility index (Phi) is 6.70. The highest BCUT2D eigenvalue weighted by Crippen LogP contribution is 2.30. The fraction of sp³-hybridized carbons (Fsp3) is 0.292. The monoisotopic (exact) mass is 452 g/mol. The molecule has 1 aromatic heterocycles. The SMILES string of the molecule is COc1ccc2c(c1)CCCN2C(=O)COC(=O)c1ccc(OCc2csc(C)n2)cc1. The number of hydrogen-bond acceptors (Lipinski definition) is 7. The summed E-state index contributed by atoms with van der Waals surface area (Å²) < 4.78 is 16.2. The molecule has 1 amide bonds. The van der Waals surface area contributed by atoms with Gasteiger partial charge in [-0.1, -0.05) is 0 Å². The lowest BCUT2D eigenvalue weighted by molar-refractivity contribution is -0.121. The highest BCUT2D eigenvalue weighted by atomic mass is 32.1. The van der Waals surface area contributed by atoms with Crippen LogP contribution in [0.4, 0.5) is 5.69 Å². The van der Waals surface area contributed by atoms with Gasteiger partial charge in [-0.05, 0) is 67.8 Å². The summed E-state index contributed by atoms with van der Waals surface area (Å²) in [7, 11) is 1.62. The van der Waals surface area contributed by atoms with E-state index in [0.29, 0.717) is 24.5 Å². The molecule has 0 bridgehead atoms. The number of thiazole rings is 1. The number of methoxy groups -OCH3 is 1. The van der Waals surface area contributed by atoms with Crippen LogP contribution in [0.15, 0.2) is 47.8 Å². The highest BCUT2D eigenvalue weighted by molar-refractivity contribution is 7.09. The summed E-state index contributed by atoms with van der Waals surface area (Å²) >= 11 is 1.57. The van der Waals surface area contributed by atoms with Gasteiger partial charge in [-0.25, -0.2) is 9.78 Å². The average molecular weight is 453 g/mol. The van der Waals surface area contributed by atoms with Crippen LogP contribution in [0, 0.1) is 6.92 Å². The van der Waals surface area contributed by atoms with Gasteiger partial charge in [-0.15, -0.1) is 11.3 Å². The first kappa shape index (κ1) is 21.8. The van der Waals surface area contributed by atoms with E-state index in [1.165, 1.54) is 0 Å². The summed E-state index contributed by atoms with van der Waals surface area (Å²) in [6.07, 6.45) is 1.73. The molecule has 0 aliphatic carbocycles. The number of anilines is 1. The zero-order valence-corrected chi connectivity index (χ0v) is 18.8. The molecular formula is C24H24N2O5S. The van der Waals surface area contributed by atoms with Crippen molar-refractivity contribution in [3.05, 3.63) is 69.7 Å². The van der Waals surface area contributed by atoms with Crippen molar-refractivity contribution < 1.29 is 23.8 Å². The van der Waals surface area contributed by atoms with Crippen molar-refractivity contribution in [2.24, 2.45) is 0 Å². The Hall–Kier alpha value is -3.39. The first-order chi connectivity index (χ1) is 15.5. The standard InChI is InChI=1S/C24H24N2O5S/c1-16-25-19(15-32-16)13-30-20-7-5-17(6-8-20)24(28)31-14-23(27)26-11-3-4-18-12-21(29-2)9-10-22(18)26/h5-10,12,15H,3-4,11,13-14H2,1-2H3. The van der Waals surface area contributed by atoms with Gasteiger partial charge in [0.05, 0.1) is 23.4 Å². The summed E-state index contributed by atoms with van der Waals surface area (Å²) in [6.45, 7) is 2.60. The molecule has 3 aromatic rings. The van der Waals surface area contributed by atoms with Gasteiger partial charge in [0.1, 0.15) is 18.1 Å². The first-order valence-electron chi connectivity index (χ1n) is 10.3. The summed E-state index contributed by atoms with van der Waals surface area (Å²) in [5, 5.41) is 2.94. The molecule has 2 heterocycles. The molecule has 0 saturated carbocycles. The van der Waals surface area contributed by atoms with Gasteiger partial charge >= 0.3 is 5.97 Å². The Balaban J connectivity index is 1.31. The molecule has 0 N–H and O–H groups in total. The zero-order chi connectivity index (χ0) is 22.5. The third kappa shape index (κ3) is 5.08. The lowest BCUT2D eigenvalue weighted by Gasteiger charge is -2.29. The lowest BCUT2D eigenvalue weighted by atomic mass is 10.0. The second kappa shape index (κ2) is 9.82. The molecule has 7 nitrogen and oxygen atoms in total. The second-order valence-corrected chi connectivity index (χ2v) is 8.45. The van der Waals surface area contributed by atoms with Gasteiger partial charge in [-0.2, -0.15) is 0 Å². The fourth-order valence-electron chi connectivity index (χ4n) is 3.57. The van der Waals surface area contributed by atoms with Crippen molar-refractivity contribution in [1.82, 2.24) is 4.98 Å². The van der Waals surface area contributed by atoms with E-state index in [9.17, 15) is 9.59 Å². The van der Waals surface area contributed by atoms with E-state index in [4.69, 9.17) is 14.2 Å². The maximum atomic E-state index is 12.7. The molecular weight excluding hydrogens is 428 g/mol. The molecule has 0 fully saturated rings. The Bertz CT molecular complexity index is 1110. The summed E-state index contributed by atoms with van der Waals surface area (Å²) in [5.74, 6) is 0.595. The number of esters is 1. The molecule has 0 radical (unpaired) electrons. The number of benzene rings is 2. The van der Waals surface area contributed by atoms with Crippen molar-refractivity contribution >= 4 is 28.9 Å². The van der Waals surface area contributed by atoms with Gasteiger partial charge in [0.2, 0.25) is 0 Å². The van der Waals surface area contributed by atoms with E-state index in [-0.39, 0.29) is 12.5 Å². The molecule has 0 saturated heterocycles. The van der Waals surface area contributed by atoms with E-state index in [2.05, 4.69) is 4.98 Å². The topological polar surface area (TPSA) is 78.0 Å². The van der Waals surface area contributed by atoms with Crippen molar-refractivity contribution in [3.8, 4) is 11.5 Å². The summed E-state index contributed by atoms with van der Waals surface area (Å²) in [4.78, 5) is 31.1. The van der Waals surface area contributed by atoms with E-state index in [1.807, 2.05) is 30.5 Å². The number of ether oxygens (including phenoxy) is 3. The number of rotatable bonds is 7. The molecule has 0 atom stereocenters. The van der Waals surface area contributed by atoms with E-state index in [1.54, 1.807) is 47.6 Å². The van der Waals surface area contributed by atoms with Crippen molar-refractivity contribution in [2.75, 3.05) is 25.2 Å². The van der Waals surface area contributed by atoms with Crippen LogP contribution in [0.2, 0.25) is 0 Å². The number of nitrogens with zero attached hydrogens (tertiary/aromatic N) is 2.